The summed E-state index contributed by atoms with van der Waals surface area (Å²) in [7, 11) is 0. The molecule has 0 spiro atoms. The maximum absolute atomic E-state index is 12.3. The first-order valence-corrected chi connectivity index (χ1v) is 10.7. The van der Waals surface area contributed by atoms with Gasteiger partial charge in [-0.1, -0.05) is 42.5 Å². The zero-order chi connectivity index (χ0) is 21.1. The summed E-state index contributed by atoms with van der Waals surface area (Å²) in [4.78, 5) is 37.6. The second kappa shape index (κ2) is 8.67. The van der Waals surface area contributed by atoms with Gasteiger partial charge in [0.1, 0.15) is 5.00 Å². The predicted molar refractivity (Wildman–Crippen MR) is 117 cm³/mol. The van der Waals surface area contributed by atoms with Crippen molar-refractivity contribution < 1.29 is 19.1 Å². The monoisotopic (exact) mass is 422 g/mol. The SMILES string of the molecule is NC(=O)c1c(NC(=O)COC(=O)Cc2cccc3ccccc23)sc2c1CCCC2. The second-order valence-electron chi connectivity index (χ2n) is 7.30. The fourth-order valence-corrected chi connectivity index (χ4v) is 5.19. The van der Waals surface area contributed by atoms with Gasteiger partial charge in [0.2, 0.25) is 0 Å². The molecule has 0 fully saturated rings. The number of benzene rings is 2. The summed E-state index contributed by atoms with van der Waals surface area (Å²) in [5, 5.41) is 5.17. The average molecular weight is 423 g/mol. The maximum Gasteiger partial charge on any atom is 0.310 e. The first-order valence-electron chi connectivity index (χ1n) is 9.89. The van der Waals surface area contributed by atoms with E-state index in [1.54, 1.807) is 0 Å². The molecule has 3 N–H and O–H groups in total. The summed E-state index contributed by atoms with van der Waals surface area (Å²) >= 11 is 1.38. The highest BCUT2D eigenvalue weighted by Gasteiger charge is 2.25. The Hall–Kier alpha value is -3.19. The Morgan fingerprint density at radius 2 is 1.80 bits per heavy atom. The number of nitrogens with one attached hydrogen (secondary N) is 1. The number of rotatable bonds is 6. The molecule has 0 bridgehead atoms. The van der Waals surface area contributed by atoms with E-state index in [-0.39, 0.29) is 6.42 Å². The molecule has 0 radical (unpaired) electrons. The van der Waals surface area contributed by atoms with Crippen molar-refractivity contribution >= 4 is 44.9 Å². The number of primary amides is 1. The van der Waals surface area contributed by atoms with E-state index in [1.807, 2.05) is 42.5 Å². The van der Waals surface area contributed by atoms with Gasteiger partial charge < -0.3 is 15.8 Å². The first-order chi connectivity index (χ1) is 14.5. The molecule has 3 aromatic rings. The molecule has 0 unspecified atom stereocenters. The van der Waals surface area contributed by atoms with Crippen molar-refractivity contribution in [3.63, 3.8) is 0 Å². The minimum absolute atomic E-state index is 0.0778. The van der Waals surface area contributed by atoms with Gasteiger partial charge in [-0.15, -0.1) is 11.3 Å². The van der Waals surface area contributed by atoms with E-state index in [1.165, 1.54) is 11.3 Å². The minimum atomic E-state index is -0.544. The van der Waals surface area contributed by atoms with Crippen LogP contribution in [0.15, 0.2) is 42.5 Å². The topological polar surface area (TPSA) is 98.5 Å². The molecule has 7 heteroatoms. The molecule has 1 heterocycles. The van der Waals surface area contributed by atoms with Crippen molar-refractivity contribution in [3.8, 4) is 0 Å². The summed E-state index contributed by atoms with van der Waals surface area (Å²) in [6, 6.07) is 13.5. The molecule has 6 nitrogen and oxygen atoms in total. The van der Waals surface area contributed by atoms with E-state index in [4.69, 9.17) is 10.5 Å². The molecule has 0 atom stereocenters. The zero-order valence-corrected chi connectivity index (χ0v) is 17.2. The molecular weight excluding hydrogens is 400 g/mol. The number of esters is 1. The van der Waals surface area contributed by atoms with Gasteiger partial charge in [-0.3, -0.25) is 14.4 Å². The molecule has 1 aliphatic carbocycles. The van der Waals surface area contributed by atoms with Crippen LogP contribution in [0.2, 0.25) is 0 Å². The van der Waals surface area contributed by atoms with Gasteiger partial charge in [0.25, 0.3) is 11.8 Å². The van der Waals surface area contributed by atoms with Crippen LogP contribution in [0, 0.1) is 0 Å². The lowest BCUT2D eigenvalue weighted by Gasteiger charge is -2.11. The molecule has 30 heavy (non-hydrogen) atoms. The van der Waals surface area contributed by atoms with Crippen molar-refractivity contribution in [2.24, 2.45) is 5.73 Å². The number of carbonyl (C=O) groups is 3. The number of nitrogens with two attached hydrogens (primary N) is 1. The summed E-state index contributed by atoms with van der Waals surface area (Å²) in [5.41, 5.74) is 7.73. The molecule has 1 aromatic heterocycles. The highest BCUT2D eigenvalue weighted by molar-refractivity contribution is 7.17. The third kappa shape index (κ3) is 4.21. The van der Waals surface area contributed by atoms with Crippen LogP contribution >= 0.6 is 11.3 Å². The van der Waals surface area contributed by atoms with Crippen LogP contribution in [0.25, 0.3) is 10.8 Å². The van der Waals surface area contributed by atoms with Crippen LogP contribution in [0.1, 0.15) is 39.2 Å². The number of hydrogen-bond acceptors (Lipinski definition) is 5. The lowest BCUT2D eigenvalue weighted by atomic mass is 9.95. The smallest absolute Gasteiger partial charge is 0.310 e. The Kier molecular flexibility index (Phi) is 5.81. The number of aryl methyl sites for hydroxylation is 1. The van der Waals surface area contributed by atoms with E-state index in [2.05, 4.69) is 5.32 Å². The molecule has 154 valence electrons. The third-order valence-corrected chi connectivity index (χ3v) is 6.46. The summed E-state index contributed by atoms with van der Waals surface area (Å²) in [6.45, 7) is -0.412. The summed E-state index contributed by atoms with van der Waals surface area (Å²) in [6.07, 6.45) is 3.82. The van der Waals surface area contributed by atoms with E-state index < -0.39 is 24.4 Å². The maximum atomic E-state index is 12.3. The number of fused-ring (bicyclic) bond motifs is 2. The van der Waals surface area contributed by atoms with E-state index >= 15 is 0 Å². The Balaban J connectivity index is 1.39. The van der Waals surface area contributed by atoms with Crippen LogP contribution in [-0.2, 0) is 33.6 Å². The predicted octanol–water partition coefficient (Wildman–Crippen LogP) is 3.60. The number of anilines is 1. The lowest BCUT2D eigenvalue weighted by Crippen LogP contribution is -2.23. The normalized spacial score (nSPS) is 12.9. The zero-order valence-electron chi connectivity index (χ0n) is 16.4. The van der Waals surface area contributed by atoms with Crippen LogP contribution in [0.4, 0.5) is 5.00 Å². The molecule has 0 saturated carbocycles. The van der Waals surface area contributed by atoms with Gasteiger partial charge in [0.05, 0.1) is 12.0 Å². The number of hydrogen-bond donors (Lipinski definition) is 2. The van der Waals surface area contributed by atoms with Crippen molar-refractivity contribution in [3.05, 3.63) is 64.0 Å². The number of ether oxygens (including phenoxy) is 1. The molecule has 2 aromatic carbocycles. The number of amides is 2. The Bertz CT molecular complexity index is 1130. The van der Waals surface area contributed by atoms with Gasteiger partial charge in [-0.25, -0.2) is 0 Å². The van der Waals surface area contributed by atoms with Crippen LogP contribution < -0.4 is 11.1 Å². The number of thiophene rings is 1. The van der Waals surface area contributed by atoms with E-state index in [9.17, 15) is 14.4 Å². The third-order valence-electron chi connectivity index (χ3n) is 5.25. The van der Waals surface area contributed by atoms with Crippen molar-refractivity contribution in [1.82, 2.24) is 0 Å². The van der Waals surface area contributed by atoms with Gasteiger partial charge in [-0.05, 0) is 47.6 Å². The second-order valence-corrected chi connectivity index (χ2v) is 8.41. The van der Waals surface area contributed by atoms with Crippen molar-refractivity contribution in [2.75, 3.05) is 11.9 Å². The first kappa shape index (κ1) is 20.1. The van der Waals surface area contributed by atoms with Gasteiger partial charge >= 0.3 is 5.97 Å². The van der Waals surface area contributed by atoms with Gasteiger partial charge in [-0.2, -0.15) is 0 Å². The summed E-state index contributed by atoms with van der Waals surface area (Å²) in [5.74, 6) is -1.51. The Morgan fingerprint density at radius 1 is 1.03 bits per heavy atom. The molecular formula is C23H22N2O4S. The van der Waals surface area contributed by atoms with E-state index in [0.717, 1.165) is 52.5 Å². The van der Waals surface area contributed by atoms with Gasteiger partial charge in [0.15, 0.2) is 6.61 Å². The molecule has 0 aliphatic heterocycles. The van der Waals surface area contributed by atoms with Crippen molar-refractivity contribution in [1.29, 1.82) is 0 Å². The average Bonchev–Trinajstić information content (AvgIpc) is 3.10. The highest BCUT2D eigenvalue weighted by Crippen LogP contribution is 2.37. The standard InChI is InChI=1S/C23H22N2O4S/c24-22(28)21-17-10-3-4-11-18(17)30-23(21)25-19(26)13-29-20(27)12-15-8-5-7-14-6-1-2-9-16(14)15/h1-2,5-9H,3-4,10-13H2,(H2,24,28)(H,25,26). The van der Waals surface area contributed by atoms with Crippen LogP contribution in [0.5, 0.6) is 0 Å². The van der Waals surface area contributed by atoms with Gasteiger partial charge in [0, 0.05) is 4.88 Å². The minimum Gasteiger partial charge on any atom is -0.455 e. The molecule has 2 amide bonds. The molecule has 4 rings (SSSR count). The quantitative estimate of drug-likeness (QED) is 0.593. The Morgan fingerprint density at radius 3 is 2.63 bits per heavy atom. The van der Waals surface area contributed by atoms with Crippen LogP contribution in [-0.4, -0.2) is 24.4 Å². The molecule has 0 saturated heterocycles. The van der Waals surface area contributed by atoms with Crippen molar-refractivity contribution in [2.45, 2.75) is 32.1 Å². The Labute approximate surface area is 178 Å². The fraction of sp³-hybridized carbons (Fsp3) is 0.261. The lowest BCUT2D eigenvalue weighted by molar-refractivity contribution is -0.146. The fourth-order valence-electron chi connectivity index (χ4n) is 3.88. The summed E-state index contributed by atoms with van der Waals surface area (Å²) < 4.78 is 5.17. The van der Waals surface area contributed by atoms with Crippen LogP contribution in [0.3, 0.4) is 0 Å². The largest absolute Gasteiger partial charge is 0.455 e. The highest BCUT2D eigenvalue weighted by atomic mass is 32.1. The number of carbonyl (C=O) groups excluding carboxylic acids is 3. The van der Waals surface area contributed by atoms with E-state index in [0.29, 0.717) is 10.6 Å². The molecule has 1 aliphatic rings.